The smallest absolute Gasteiger partial charge is 0.101 e. The third-order valence-corrected chi connectivity index (χ3v) is 2.86. The number of rotatable bonds is 2. The van der Waals surface area contributed by atoms with E-state index in [4.69, 9.17) is 5.26 Å². The fourth-order valence-corrected chi connectivity index (χ4v) is 2.01. The highest BCUT2D eigenvalue weighted by Crippen LogP contribution is 2.25. The van der Waals surface area contributed by atoms with Crippen molar-refractivity contribution in [3.63, 3.8) is 0 Å². The minimum absolute atomic E-state index is 0.724. The molecule has 2 rings (SSSR count). The van der Waals surface area contributed by atoms with E-state index in [1.165, 1.54) is 18.5 Å². The number of nitrogens with one attached hydrogen (secondary N) is 1. The van der Waals surface area contributed by atoms with Gasteiger partial charge in [-0.2, -0.15) is 5.26 Å². The summed E-state index contributed by atoms with van der Waals surface area (Å²) in [4.78, 5) is 2.33. The first kappa shape index (κ1) is 9.85. The van der Waals surface area contributed by atoms with Gasteiger partial charge in [-0.25, -0.2) is 0 Å². The molecule has 78 valence electrons. The van der Waals surface area contributed by atoms with Crippen molar-refractivity contribution in [2.45, 2.75) is 12.8 Å². The molecule has 1 aromatic rings. The molecule has 1 aliphatic rings. The van der Waals surface area contributed by atoms with E-state index in [0.717, 1.165) is 24.3 Å². The summed E-state index contributed by atoms with van der Waals surface area (Å²) in [6, 6.07) is 8.25. The Balaban J connectivity index is 2.30. The second-order valence-electron chi connectivity index (χ2n) is 3.79. The Morgan fingerprint density at radius 2 is 2.07 bits per heavy atom. The predicted octanol–water partition coefficient (Wildman–Crippen LogP) is 2.20. The molecule has 0 amide bonds. The van der Waals surface area contributed by atoms with Crippen LogP contribution in [0.1, 0.15) is 18.4 Å². The molecular weight excluding hydrogens is 186 g/mol. The summed E-state index contributed by atoms with van der Waals surface area (Å²) in [5.41, 5.74) is 2.80. The summed E-state index contributed by atoms with van der Waals surface area (Å²) in [6.07, 6.45) is 2.52. The van der Waals surface area contributed by atoms with Crippen molar-refractivity contribution in [1.82, 2.24) is 0 Å². The van der Waals surface area contributed by atoms with Crippen molar-refractivity contribution in [2.75, 3.05) is 30.4 Å². The monoisotopic (exact) mass is 201 g/mol. The molecule has 0 unspecified atom stereocenters. The molecule has 15 heavy (non-hydrogen) atoms. The van der Waals surface area contributed by atoms with Gasteiger partial charge in [0.05, 0.1) is 11.3 Å². The first-order chi connectivity index (χ1) is 7.35. The van der Waals surface area contributed by atoms with E-state index in [2.05, 4.69) is 22.4 Å². The number of hydrogen-bond acceptors (Lipinski definition) is 3. The van der Waals surface area contributed by atoms with Crippen molar-refractivity contribution in [1.29, 1.82) is 5.26 Å². The Kier molecular flexibility index (Phi) is 2.77. The minimum Gasteiger partial charge on any atom is -0.387 e. The standard InChI is InChI=1S/C12H15N3/c1-14-12-5-4-11(8-10(12)9-13)15-6-2-3-7-15/h4-5,8,14H,2-3,6-7H2,1H3. The van der Waals surface area contributed by atoms with Crippen LogP contribution in [0.3, 0.4) is 0 Å². The molecule has 3 nitrogen and oxygen atoms in total. The third kappa shape index (κ3) is 1.89. The Morgan fingerprint density at radius 3 is 2.67 bits per heavy atom. The summed E-state index contributed by atoms with van der Waals surface area (Å²) in [7, 11) is 1.84. The van der Waals surface area contributed by atoms with E-state index in [-0.39, 0.29) is 0 Å². The van der Waals surface area contributed by atoms with Gasteiger partial charge in [-0.15, -0.1) is 0 Å². The molecule has 0 bridgehead atoms. The average Bonchev–Trinajstić information content (AvgIpc) is 2.81. The van der Waals surface area contributed by atoms with E-state index >= 15 is 0 Å². The Hall–Kier alpha value is -1.69. The molecule has 0 spiro atoms. The normalized spacial score (nSPS) is 15.1. The molecule has 3 heteroatoms. The highest BCUT2D eigenvalue weighted by atomic mass is 15.1. The van der Waals surface area contributed by atoms with Gasteiger partial charge in [-0.1, -0.05) is 0 Å². The SMILES string of the molecule is CNc1ccc(N2CCCC2)cc1C#N. The summed E-state index contributed by atoms with van der Waals surface area (Å²) in [5.74, 6) is 0. The zero-order valence-electron chi connectivity index (χ0n) is 8.95. The summed E-state index contributed by atoms with van der Waals surface area (Å²) in [6.45, 7) is 2.23. The van der Waals surface area contributed by atoms with Gasteiger partial charge < -0.3 is 10.2 Å². The second-order valence-corrected chi connectivity index (χ2v) is 3.79. The van der Waals surface area contributed by atoms with Crippen molar-refractivity contribution >= 4 is 11.4 Å². The van der Waals surface area contributed by atoms with Crippen LogP contribution in [-0.2, 0) is 0 Å². The van der Waals surface area contributed by atoms with E-state index in [9.17, 15) is 0 Å². The quantitative estimate of drug-likeness (QED) is 0.797. The topological polar surface area (TPSA) is 39.1 Å². The predicted molar refractivity (Wildman–Crippen MR) is 62.2 cm³/mol. The van der Waals surface area contributed by atoms with Crippen molar-refractivity contribution < 1.29 is 0 Å². The van der Waals surface area contributed by atoms with Gasteiger partial charge in [0.1, 0.15) is 6.07 Å². The molecule has 1 heterocycles. The summed E-state index contributed by atoms with van der Waals surface area (Å²) < 4.78 is 0. The molecule has 0 radical (unpaired) electrons. The molecule has 0 atom stereocenters. The third-order valence-electron chi connectivity index (χ3n) is 2.86. The Bertz CT molecular complexity index is 386. The lowest BCUT2D eigenvalue weighted by Gasteiger charge is -2.18. The molecule has 0 aromatic heterocycles. The number of nitriles is 1. The van der Waals surface area contributed by atoms with Crippen LogP contribution < -0.4 is 10.2 Å². The molecule has 1 N–H and O–H groups in total. The van der Waals surface area contributed by atoms with Crippen LogP contribution in [0, 0.1) is 11.3 Å². The van der Waals surface area contributed by atoms with Crippen LogP contribution in [0.2, 0.25) is 0 Å². The van der Waals surface area contributed by atoms with Gasteiger partial charge in [-0.3, -0.25) is 0 Å². The van der Waals surface area contributed by atoms with Gasteiger partial charge in [0, 0.05) is 25.8 Å². The van der Waals surface area contributed by atoms with Gasteiger partial charge >= 0.3 is 0 Å². The van der Waals surface area contributed by atoms with Crippen LogP contribution in [-0.4, -0.2) is 20.1 Å². The lowest BCUT2D eigenvalue weighted by atomic mass is 10.1. The number of nitrogens with zero attached hydrogens (tertiary/aromatic N) is 2. The number of benzene rings is 1. The highest BCUT2D eigenvalue weighted by molar-refractivity contribution is 5.64. The Morgan fingerprint density at radius 1 is 1.33 bits per heavy atom. The van der Waals surface area contributed by atoms with Crippen molar-refractivity contribution in [2.24, 2.45) is 0 Å². The number of anilines is 2. The highest BCUT2D eigenvalue weighted by Gasteiger charge is 2.13. The molecule has 1 aliphatic heterocycles. The fourth-order valence-electron chi connectivity index (χ4n) is 2.01. The maximum absolute atomic E-state index is 9.01. The zero-order chi connectivity index (χ0) is 10.7. The number of hydrogen-bond donors (Lipinski definition) is 1. The van der Waals surface area contributed by atoms with Crippen molar-refractivity contribution in [3.05, 3.63) is 23.8 Å². The maximum Gasteiger partial charge on any atom is 0.101 e. The summed E-state index contributed by atoms with van der Waals surface area (Å²) >= 11 is 0. The average molecular weight is 201 g/mol. The lowest BCUT2D eigenvalue weighted by molar-refractivity contribution is 0.949. The molecule has 0 aliphatic carbocycles. The lowest BCUT2D eigenvalue weighted by Crippen LogP contribution is -2.17. The molecule has 1 aromatic carbocycles. The van der Waals surface area contributed by atoms with Gasteiger partial charge in [0.25, 0.3) is 0 Å². The van der Waals surface area contributed by atoms with Crippen LogP contribution in [0.5, 0.6) is 0 Å². The molecule has 1 fully saturated rings. The van der Waals surface area contributed by atoms with Crippen LogP contribution in [0.25, 0.3) is 0 Å². The largest absolute Gasteiger partial charge is 0.387 e. The minimum atomic E-state index is 0.724. The molecular formula is C12H15N3. The zero-order valence-corrected chi connectivity index (χ0v) is 8.95. The maximum atomic E-state index is 9.01. The van der Waals surface area contributed by atoms with Gasteiger partial charge in [0.15, 0.2) is 0 Å². The van der Waals surface area contributed by atoms with E-state index in [1.54, 1.807) is 0 Å². The molecule has 0 saturated carbocycles. The van der Waals surface area contributed by atoms with E-state index in [1.807, 2.05) is 19.2 Å². The Labute approximate surface area is 90.3 Å². The van der Waals surface area contributed by atoms with Crippen LogP contribution >= 0.6 is 0 Å². The van der Waals surface area contributed by atoms with Crippen molar-refractivity contribution in [3.8, 4) is 6.07 Å². The second kappa shape index (κ2) is 4.22. The van der Waals surface area contributed by atoms with Gasteiger partial charge in [0.2, 0.25) is 0 Å². The van der Waals surface area contributed by atoms with Crippen LogP contribution in [0.15, 0.2) is 18.2 Å². The fraction of sp³-hybridized carbons (Fsp3) is 0.417. The first-order valence-electron chi connectivity index (χ1n) is 5.32. The van der Waals surface area contributed by atoms with Crippen LogP contribution in [0.4, 0.5) is 11.4 Å². The summed E-state index contributed by atoms with van der Waals surface area (Å²) in [5, 5.41) is 12.0. The van der Waals surface area contributed by atoms with Gasteiger partial charge in [-0.05, 0) is 31.0 Å². The first-order valence-corrected chi connectivity index (χ1v) is 5.32. The molecule has 1 saturated heterocycles. The van der Waals surface area contributed by atoms with E-state index < -0.39 is 0 Å². The van der Waals surface area contributed by atoms with E-state index in [0.29, 0.717) is 0 Å².